The molecular weight excluding hydrogens is 382 g/mol. The van der Waals surface area contributed by atoms with Gasteiger partial charge in [-0.3, -0.25) is 4.79 Å². The van der Waals surface area contributed by atoms with Gasteiger partial charge in [0.15, 0.2) is 5.78 Å². The summed E-state index contributed by atoms with van der Waals surface area (Å²) in [7, 11) is 0. The summed E-state index contributed by atoms with van der Waals surface area (Å²) < 4.78 is 1.69. The zero-order valence-electron chi connectivity index (χ0n) is 10.7. The van der Waals surface area contributed by atoms with E-state index < -0.39 is 0 Å². The van der Waals surface area contributed by atoms with Gasteiger partial charge in [-0.25, -0.2) is 0 Å². The lowest BCUT2D eigenvalue weighted by atomic mass is 10.0. The van der Waals surface area contributed by atoms with Gasteiger partial charge in [-0.05, 0) is 37.3 Å². The van der Waals surface area contributed by atoms with Crippen LogP contribution in [0.1, 0.15) is 21.5 Å². The Bertz CT molecular complexity index is 820. The van der Waals surface area contributed by atoms with Gasteiger partial charge in [0.1, 0.15) is 0 Å². The van der Waals surface area contributed by atoms with E-state index in [1.54, 1.807) is 6.20 Å². The lowest BCUT2D eigenvalue weighted by Gasteiger charge is -2.04. The van der Waals surface area contributed by atoms with Crippen LogP contribution in [0.2, 0.25) is 0 Å². The third kappa shape index (κ3) is 2.34. The maximum Gasteiger partial charge on any atom is 0.196 e. The van der Waals surface area contributed by atoms with E-state index in [1.807, 2.05) is 43.3 Å². The molecule has 4 heteroatoms. The first-order valence-corrected chi connectivity index (χ1v) is 7.72. The highest BCUT2D eigenvalue weighted by Gasteiger charge is 2.17. The average molecular weight is 393 g/mol. The molecule has 0 unspecified atom stereocenters. The Morgan fingerprint density at radius 2 is 1.85 bits per heavy atom. The Kier molecular flexibility index (Phi) is 3.52. The number of aryl methyl sites for hydroxylation is 1. The number of benzene rings is 2. The molecule has 0 bridgehead atoms. The molecule has 2 aromatic carbocycles. The van der Waals surface area contributed by atoms with Gasteiger partial charge in [-0.1, -0.05) is 43.5 Å². The molecule has 1 N–H and O–H groups in total. The van der Waals surface area contributed by atoms with Crippen molar-refractivity contribution in [1.82, 2.24) is 4.98 Å². The second-order valence-electron chi connectivity index (χ2n) is 4.70. The molecule has 0 radical (unpaired) electrons. The summed E-state index contributed by atoms with van der Waals surface area (Å²) in [6.45, 7) is 2.02. The molecule has 20 heavy (non-hydrogen) atoms. The van der Waals surface area contributed by atoms with Crippen LogP contribution >= 0.6 is 31.9 Å². The number of fused-ring (bicyclic) bond motifs is 1. The van der Waals surface area contributed by atoms with Crippen LogP contribution in [0.5, 0.6) is 0 Å². The zero-order valence-corrected chi connectivity index (χ0v) is 13.9. The summed E-state index contributed by atoms with van der Waals surface area (Å²) in [4.78, 5) is 15.9. The fraction of sp³-hybridized carbons (Fsp3) is 0.0625. The number of carbonyl (C=O) groups excluding carboxylic acids is 1. The minimum atomic E-state index is 0.00928. The second kappa shape index (κ2) is 5.19. The van der Waals surface area contributed by atoms with E-state index in [1.165, 1.54) is 0 Å². The first kappa shape index (κ1) is 13.6. The van der Waals surface area contributed by atoms with Crippen molar-refractivity contribution in [3.8, 4) is 0 Å². The lowest BCUT2D eigenvalue weighted by molar-refractivity contribution is 0.103. The van der Waals surface area contributed by atoms with Crippen LogP contribution in [0.15, 0.2) is 51.5 Å². The van der Waals surface area contributed by atoms with Crippen molar-refractivity contribution >= 4 is 48.5 Å². The van der Waals surface area contributed by atoms with Gasteiger partial charge in [-0.15, -0.1) is 0 Å². The van der Waals surface area contributed by atoms with E-state index in [2.05, 4.69) is 36.8 Å². The van der Waals surface area contributed by atoms with E-state index in [9.17, 15) is 4.79 Å². The molecule has 3 rings (SSSR count). The van der Waals surface area contributed by atoms with E-state index >= 15 is 0 Å². The number of rotatable bonds is 2. The Morgan fingerprint density at radius 3 is 2.65 bits per heavy atom. The van der Waals surface area contributed by atoms with Crippen LogP contribution in [0.4, 0.5) is 0 Å². The third-order valence-corrected chi connectivity index (χ3v) is 4.44. The van der Waals surface area contributed by atoms with Crippen LogP contribution in [0.25, 0.3) is 10.9 Å². The molecule has 0 aliphatic rings. The number of nitrogens with one attached hydrogen (secondary N) is 1. The van der Waals surface area contributed by atoms with Gasteiger partial charge in [0.2, 0.25) is 0 Å². The summed E-state index contributed by atoms with van der Waals surface area (Å²) in [6, 6.07) is 11.7. The molecule has 0 amide bonds. The molecule has 100 valence electrons. The molecule has 3 aromatic rings. The number of carbonyl (C=O) groups is 1. The van der Waals surface area contributed by atoms with Gasteiger partial charge in [0, 0.05) is 37.2 Å². The van der Waals surface area contributed by atoms with Crippen LogP contribution < -0.4 is 0 Å². The molecule has 0 atom stereocenters. The maximum absolute atomic E-state index is 12.7. The van der Waals surface area contributed by atoms with E-state index in [4.69, 9.17) is 0 Å². The highest BCUT2D eigenvalue weighted by Crippen LogP contribution is 2.27. The number of hydrogen-bond donors (Lipinski definition) is 1. The van der Waals surface area contributed by atoms with Crippen molar-refractivity contribution in [2.75, 3.05) is 0 Å². The zero-order chi connectivity index (χ0) is 14.3. The number of aromatic amines is 1. The monoisotopic (exact) mass is 391 g/mol. The smallest absolute Gasteiger partial charge is 0.196 e. The molecule has 1 heterocycles. The summed E-state index contributed by atoms with van der Waals surface area (Å²) in [6.07, 6.45) is 1.78. The van der Waals surface area contributed by atoms with Crippen LogP contribution in [0, 0.1) is 6.92 Å². The summed E-state index contributed by atoms with van der Waals surface area (Å²) in [5.41, 5.74) is 3.47. The van der Waals surface area contributed by atoms with Gasteiger partial charge in [0.05, 0.1) is 0 Å². The van der Waals surface area contributed by atoms with E-state index in [-0.39, 0.29) is 5.78 Å². The Labute approximate surface area is 133 Å². The second-order valence-corrected chi connectivity index (χ2v) is 6.47. The topological polar surface area (TPSA) is 32.9 Å². The maximum atomic E-state index is 12.7. The average Bonchev–Trinajstić information content (AvgIpc) is 2.83. The first-order chi connectivity index (χ1) is 9.56. The van der Waals surface area contributed by atoms with Crippen LogP contribution in [-0.4, -0.2) is 10.8 Å². The third-order valence-electron chi connectivity index (χ3n) is 3.25. The van der Waals surface area contributed by atoms with Gasteiger partial charge >= 0.3 is 0 Å². The molecule has 0 saturated heterocycles. The van der Waals surface area contributed by atoms with Crippen molar-refractivity contribution in [2.24, 2.45) is 0 Å². The summed E-state index contributed by atoms with van der Waals surface area (Å²) in [5.74, 6) is 0.00928. The first-order valence-electron chi connectivity index (χ1n) is 6.14. The number of H-pyrrole nitrogens is 1. The quantitative estimate of drug-likeness (QED) is 0.595. The predicted octanol–water partition coefficient (Wildman–Crippen LogP) is 5.23. The molecule has 1 aromatic heterocycles. The largest absolute Gasteiger partial charge is 0.360 e. The number of halogens is 2. The van der Waals surface area contributed by atoms with Crippen LogP contribution in [0.3, 0.4) is 0 Å². The molecule has 0 fully saturated rings. The fourth-order valence-corrected chi connectivity index (χ4v) is 3.03. The van der Waals surface area contributed by atoms with Crippen molar-refractivity contribution in [1.29, 1.82) is 0 Å². The van der Waals surface area contributed by atoms with Gasteiger partial charge in [-0.2, -0.15) is 0 Å². The normalized spacial score (nSPS) is 10.9. The Balaban J connectivity index is 2.17. The standard InChI is InChI=1S/C16H11Br2NO/c1-9-2-5-15-11(6-9)13(8-19-15)16(20)12-7-10(17)3-4-14(12)18/h2-8,19H,1H3. The van der Waals surface area contributed by atoms with Crippen LogP contribution in [-0.2, 0) is 0 Å². The highest BCUT2D eigenvalue weighted by atomic mass is 79.9. The minimum Gasteiger partial charge on any atom is -0.360 e. The molecule has 0 spiro atoms. The molecular formula is C16H11Br2NO. The minimum absolute atomic E-state index is 0.00928. The molecule has 0 saturated carbocycles. The van der Waals surface area contributed by atoms with E-state index in [0.29, 0.717) is 11.1 Å². The highest BCUT2D eigenvalue weighted by molar-refractivity contribution is 9.11. The number of aromatic nitrogens is 1. The Hall–Kier alpha value is -1.39. The Morgan fingerprint density at radius 1 is 1.05 bits per heavy atom. The van der Waals surface area contributed by atoms with Crippen molar-refractivity contribution in [3.63, 3.8) is 0 Å². The lowest BCUT2D eigenvalue weighted by Crippen LogP contribution is -2.01. The SMILES string of the molecule is Cc1ccc2[nH]cc(C(=O)c3cc(Br)ccc3Br)c2c1. The van der Waals surface area contributed by atoms with Crippen molar-refractivity contribution < 1.29 is 4.79 Å². The van der Waals surface area contributed by atoms with Crippen molar-refractivity contribution in [2.45, 2.75) is 6.92 Å². The summed E-state index contributed by atoms with van der Waals surface area (Å²) >= 11 is 6.85. The summed E-state index contributed by atoms with van der Waals surface area (Å²) in [5, 5.41) is 0.960. The van der Waals surface area contributed by atoms with Gasteiger partial charge < -0.3 is 4.98 Å². The fourth-order valence-electron chi connectivity index (χ4n) is 2.24. The number of hydrogen-bond acceptors (Lipinski definition) is 1. The molecule has 0 aliphatic carbocycles. The predicted molar refractivity (Wildman–Crippen MR) is 88.3 cm³/mol. The number of ketones is 1. The molecule has 2 nitrogen and oxygen atoms in total. The molecule has 0 aliphatic heterocycles. The van der Waals surface area contributed by atoms with E-state index in [0.717, 1.165) is 25.4 Å². The van der Waals surface area contributed by atoms with Gasteiger partial charge in [0.25, 0.3) is 0 Å². The van der Waals surface area contributed by atoms with Crippen molar-refractivity contribution in [3.05, 3.63) is 68.2 Å².